The van der Waals surface area contributed by atoms with Crippen LogP contribution in [0.25, 0.3) is 11.3 Å². The lowest BCUT2D eigenvalue weighted by molar-refractivity contribution is -0.211. The molecule has 1 heterocycles. The van der Waals surface area contributed by atoms with Crippen LogP contribution in [0.1, 0.15) is 63.0 Å². The van der Waals surface area contributed by atoms with E-state index in [0.29, 0.717) is 12.8 Å². The molecule has 3 N–H and O–H groups in total. The van der Waals surface area contributed by atoms with E-state index in [2.05, 4.69) is 15.2 Å². The summed E-state index contributed by atoms with van der Waals surface area (Å²) in [5.41, 5.74) is -3.71. The Kier molecular flexibility index (Phi) is 9.23. The van der Waals surface area contributed by atoms with Crippen molar-refractivity contribution in [3.05, 3.63) is 34.5 Å². The fourth-order valence-corrected chi connectivity index (χ4v) is 4.98. The number of hydrogen-bond donors (Lipinski definition) is 3. The highest BCUT2D eigenvalue weighted by molar-refractivity contribution is 6.36. The van der Waals surface area contributed by atoms with Crippen molar-refractivity contribution in [2.24, 2.45) is 11.3 Å². The Hall–Kier alpha value is -2.44. The number of carbonyl (C=O) groups excluding carboxylic acids is 1. The molecule has 218 valence electrons. The molecule has 1 aliphatic carbocycles. The highest BCUT2D eigenvalue weighted by Gasteiger charge is 2.47. The van der Waals surface area contributed by atoms with E-state index in [1.165, 1.54) is 16.8 Å². The molecule has 0 aliphatic heterocycles. The number of carbonyl (C=O) groups is 1. The highest BCUT2D eigenvalue weighted by atomic mass is 35.5. The van der Waals surface area contributed by atoms with Crippen LogP contribution < -0.4 is 10.1 Å². The van der Waals surface area contributed by atoms with Gasteiger partial charge >= 0.3 is 12.8 Å². The fraction of sp³-hybridized carbons (Fsp3) is 0.615. The molecule has 0 unspecified atom stereocenters. The molecule has 0 radical (unpaired) electrons. The van der Waals surface area contributed by atoms with Gasteiger partial charge in [0.15, 0.2) is 5.69 Å². The standard InChI is InChI=1S/C26H33ClF5N3O4/c1-5-35-21(16-7-6-15(11-17(16)39-23(28)29)12-24(3,4)26(30,31)32)19(27)20(34-35)22(37)33-13-25(38)9-8-14(2)10-18(25)36/h6-7,11,14,18,23,36,38H,5,8-10,12-13H2,1-4H3,(H,33,37)/t14-,18+,25+/m1/s1. The van der Waals surface area contributed by atoms with Crippen LogP contribution in [0.4, 0.5) is 22.0 Å². The maximum Gasteiger partial charge on any atom is 0.394 e. The van der Waals surface area contributed by atoms with Gasteiger partial charge in [-0.25, -0.2) is 0 Å². The van der Waals surface area contributed by atoms with E-state index < -0.39 is 48.0 Å². The minimum Gasteiger partial charge on any atom is -0.434 e. The molecule has 0 spiro atoms. The van der Waals surface area contributed by atoms with Crippen molar-refractivity contribution in [2.45, 2.75) is 84.4 Å². The molecule has 1 fully saturated rings. The third kappa shape index (κ3) is 6.83. The topological polar surface area (TPSA) is 96.6 Å². The van der Waals surface area contributed by atoms with Gasteiger partial charge in [-0.05, 0) is 56.2 Å². The van der Waals surface area contributed by atoms with Gasteiger partial charge < -0.3 is 20.3 Å². The average Bonchev–Trinajstić information content (AvgIpc) is 3.15. The van der Waals surface area contributed by atoms with Crippen LogP contribution in [0.3, 0.4) is 0 Å². The van der Waals surface area contributed by atoms with Crippen molar-refractivity contribution in [2.75, 3.05) is 6.54 Å². The number of aliphatic hydroxyl groups excluding tert-OH is 1. The highest BCUT2D eigenvalue weighted by Crippen LogP contribution is 2.43. The summed E-state index contributed by atoms with van der Waals surface area (Å²) in [6, 6.07) is 3.75. The molecule has 39 heavy (non-hydrogen) atoms. The van der Waals surface area contributed by atoms with Crippen molar-refractivity contribution < 1.29 is 41.7 Å². The summed E-state index contributed by atoms with van der Waals surface area (Å²) in [4.78, 5) is 13.0. The second kappa shape index (κ2) is 11.6. The van der Waals surface area contributed by atoms with Gasteiger partial charge in [0.25, 0.3) is 5.91 Å². The zero-order chi connectivity index (χ0) is 29.3. The van der Waals surface area contributed by atoms with Crippen LogP contribution in [-0.2, 0) is 13.0 Å². The first-order chi connectivity index (χ1) is 18.0. The molecule has 1 saturated carbocycles. The normalized spacial score (nSPS) is 22.3. The molecular weight excluding hydrogens is 549 g/mol. The van der Waals surface area contributed by atoms with E-state index in [1.807, 2.05) is 6.92 Å². The van der Waals surface area contributed by atoms with Crippen molar-refractivity contribution in [1.82, 2.24) is 15.1 Å². The molecule has 0 saturated heterocycles. The predicted molar refractivity (Wildman–Crippen MR) is 135 cm³/mol. The van der Waals surface area contributed by atoms with Gasteiger partial charge in [0.05, 0.1) is 22.2 Å². The Labute approximate surface area is 228 Å². The van der Waals surface area contributed by atoms with Crippen LogP contribution in [0.5, 0.6) is 5.75 Å². The minimum atomic E-state index is -4.53. The number of alkyl halides is 5. The Morgan fingerprint density at radius 1 is 1.33 bits per heavy atom. The number of amides is 1. The van der Waals surface area contributed by atoms with Gasteiger partial charge in [-0.3, -0.25) is 9.48 Å². The number of aliphatic hydroxyl groups is 2. The van der Waals surface area contributed by atoms with Gasteiger partial charge in [0.1, 0.15) is 11.4 Å². The molecule has 1 amide bonds. The van der Waals surface area contributed by atoms with E-state index in [9.17, 15) is 37.0 Å². The van der Waals surface area contributed by atoms with E-state index >= 15 is 0 Å². The molecule has 1 aliphatic rings. The molecule has 2 aromatic rings. The smallest absolute Gasteiger partial charge is 0.394 e. The van der Waals surface area contributed by atoms with Crippen LogP contribution in [0.15, 0.2) is 18.2 Å². The first-order valence-electron chi connectivity index (χ1n) is 12.6. The van der Waals surface area contributed by atoms with Crippen LogP contribution in [0, 0.1) is 11.3 Å². The molecule has 1 aromatic carbocycles. The first-order valence-corrected chi connectivity index (χ1v) is 13.0. The largest absolute Gasteiger partial charge is 0.434 e. The first kappa shape index (κ1) is 31.1. The zero-order valence-corrected chi connectivity index (χ0v) is 22.8. The zero-order valence-electron chi connectivity index (χ0n) is 22.1. The van der Waals surface area contributed by atoms with Gasteiger partial charge in [-0.15, -0.1) is 0 Å². The molecule has 3 atom stereocenters. The van der Waals surface area contributed by atoms with Gasteiger partial charge in [-0.2, -0.15) is 27.1 Å². The lowest BCUT2D eigenvalue weighted by Gasteiger charge is -2.39. The molecule has 7 nitrogen and oxygen atoms in total. The molecular formula is C26H33ClF5N3O4. The van der Waals surface area contributed by atoms with Crippen LogP contribution in [-0.4, -0.2) is 56.9 Å². The second-order valence-electron chi connectivity index (χ2n) is 10.8. The van der Waals surface area contributed by atoms with Crippen LogP contribution in [0.2, 0.25) is 5.02 Å². The SMILES string of the molecule is CCn1nc(C(=O)NC[C@@]2(O)CC[C@@H](C)C[C@@H]2O)c(Cl)c1-c1ccc(CC(C)(C)C(F)(F)F)cc1OC(F)F. The van der Waals surface area contributed by atoms with Gasteiger partial charge in [0, 0.05) is 18.7 Å². The van der Waals surface area contributed by atoms with Gasteiger partial charge in [-0.1, -0.05) is 38.4 Å². The molecule has 1 aromatic heterocycles. The maximum atomic E-state index is 13.4. The molecule has 0 bridgehead atoms. The lowest BCUT2D eigenvalue weighted by Crippen LogP contribution is -2.54. The van der Waals surface area contributed by atoms with E-state index in [-0.39, 0.29) is 53.0 Å². The summed E-state index contributed by atoms with van der Waals surface area (Å²) < 4.78 is 72.7. The number of hydrogen-bond acceptors (Lipinski definition) is 5. The number of aromatic nitrogens is 2. The Morgan fingerprint density at radius 2 is 2.00 bits per heavy atom. The Bertz CT molecular complexity index is 1190. The monoisotopic (exact) mass is 581 g/mol. The predicted octanol–water partition coefficient (Wildman–Crippen LogP) is 5.60. The number of benzene rings is 1. The Balaban J connectivity index is 1.94. The average molecular weight is 582 g/mol. The summed E-state index contributed by atoms with van der Waals surface area (Å²) in [7, 11) is 0. The number of halogens is 6. The number of nitrogens with zero attached hydrogens (tertiary/aromatic N) is 2. The summed E-state index contributed by atoms with van der Waals surface area (Å²) in [6.45, 7) is 2.27. The second-order valence-corrected chi connectivity index (χ2v) is 11.2. The summed E-state index contributed by atoms with van der Waals surface area (Å²) in [5, 5.41) is 27.7. The van der Waals surface area contributed by atoms with Gasteiger partial charge in [0.2, 0.25) is 0 Å². The van der Waals surface area contributed by atoms with E-state index in [1.54, 1.807) is 6.92 Å². The van der Waals surface area contributed by atoms with Crippen molar-refractivity contribution >= 4 is 17.5 Å². The van der Waals surface area contributed by atoms with Crippen molar-refractivity contribution in [1.29, 1.82) is 0 Å². The summed E-state index contributed by atoms with van der Waals surface area (Å²) >= 11 is 6.51. The fourth-order valence-electron chi connectivity index (χ4n) is 4.65. The lowest BCUT2D eigenvalue weighted by atomic mass is 9.77. The van der Waals surface area contributed by atoms with E-state index in [0.717, 1.165) is 19.9 Å². The van der Waals surface area contributed by atoms with Crippen molar-refractivity contribution in [3.8, 4) is 17.0 Å². The summed E-state index contributed by atoms with van der Waals surface area (Å²) in [6.07, 6.45) is -4.72. The number of nitrogens with one attached hydrogen (secondary N) is 1. The van der Waals surface area contributed by atoms with Crippen molar-refractivity contribution in [3.63, 3.8) is 0 Å². The molecule has 3 rings (SSSR count). The quantitative estimate of drug-likeness (QED) is 0.335. The number of rotatable bonds is 9. The summed E-state index contributed by atoms with van der Waals surface area (Å²) in [5.74, 6) is -0.950. The third-order valence-corrected chi connectivity index (χ3v) is 7.57. The Morgan fingerprint density at radius 3 is 2.56 bits per heavy atom. The number of aryl methyl sites for hydroxylation is 1. The number of ether oxygens (including phenoxy) is 1. The van der Waals surface area contributed by atoms with E-state index in [4.69, 9.17) is 11.6 Å². The van der Waals surface area contributed by atoms with Crippen LogP contribution >= 0.6 is 11.6 Å². The minimum absolute atomic E-state index is 0.0117. The molecule has 13 heteroatoms. The maximum absolute atomic E-state index is 13.4. The third-order valence-electron chi connectivity index (χ3n) is 7.21.